The molecule has 3 heteroatoms. The molecule has 0 aliphatic heterocycles. The second-order valence-corrected chi connectivity index (χ2v) is 7.79. The minimum Gasteiger partial charge on any atom is -0.508 e. The zero-order valence-corrected chi connectivity index (χ0v) is 14.0. The molecule has 0 bridgehead atoms. The highest BCUT2D eigenvalue weighted by molar-refractivity contribution is 5.87. The van der Waals surface area contributed by atoms with E-state index in [1.807, 2.05) is 13.0 Å². The Morgan fingerprint density at radius 2 is 2.13 bits per heavy atom. The van der Waals surface area contributed by atoms with E-state index in [0.717, 1.165) is 32.1 Å². The number of hydrogen-bond donors (Lipinski definition) is 1. The van der Waals surface area contributed by atoms with Crippen molar-refractivity contribution in [2.24, 2.45) is 17.3 Å². The first-order chi connectivity index (χ1) is 11.0. The molecule has 0 unspecified atom stereocenters. The fourth-order valence-electron chi connectivity index (χ4n) is 5.69. The minimum atomic E-state index is -0.105. The van der Waals surface area contributed by atoms with Crippen LogP contribution in [0.1, 0.15) is 69.1 Å². The molecule has 5 atom stereocenters. The van der Waals surface area contributed by atoms with Crippen molar-refractivity contribution < 1.29 is 14.6 Å². The standard InChI is InChI=1S/C20H26O3/c1-3-23-18-11-15-14(13-5-4-12(21)10-16(13)18)8-9-20(2)17(15)6-7-19(20)22/h4-5,10,14-15,17-18,21H,3,6-9,11H2,1-2H3/t14-,15-,17+,18-,20+/m1/s1. The Hall–Kier alpha value is -1.35. The molecule has 124 valence electrons. The van der Waals surface area contributed by atoms with E-state index in [0.29, 0.717) is 35.9 Å². The molecule has 23 heavy (non-hydrogen) atoms. The molecule has 3 aliphatic rings. The Morgan fingerprint density at radius 3 is 2.91 bits per heavy atom. The van der Waals surface area contributed by atoms with Gasteiger partial charge in [-0.25, -0.2) is 0 Å². The van der Waals surface area contributed by atoms with Gasteiger partial charge in [0.15, 0.2) is 0 Å². The molecule has 2 saturated carbocycles. The van der Waals surface area contributed by atoms with Gasteiger partial charge in [0.2, 0.25) is 0 Å². The highest BCUT2D eigenvalue weighted by atomic mass is 16.5. The topological polar surface area (TPSA) is 46.5 Å². The summed E-state index contributed by atoms with van der Waals surface area (Å²) < 4.78 is 6.03. The lowest BCUT2D eigenvalue weighted by atomic mass is 9.55. The third-order valence-corrected chi connectivity index (χ3v) is 6.82. The average Bonchev–Trinajstić information content (AvgIpc) is 2.83. The van der Waals surface area contributed by atoms with Gasteiger partial charge in [0, 0.05) is 18.4 Å². The predicted molar refractivity (Wildman–Crippen MR) is 88.4 cm³/mol. The lowest BCUT2D eigenvalue weighted by molar-refractivity contribution is -0.130. The summed E-state index contributed by atoms with van der Waals surface area (Å²) in [5.74, 6) is 2.35. The van der Waals surface area contributed by atoms with Gasteiger partial charge in [0.05, 0.1) is 6.10 Å². The molecular weight excluding hydrogens is 288 g/mol. The number of phenolic OH excluding ortho intramolecular Hbond substituents is 1. The zero-order valence-electron chi connectivity index (χ0n) is 14.0. The number of fused-ring (bicyclic) bond motifs is 5. The van der Waals surface area contributed by atoms with Gasteiger partial charge in [0.25, 0.3) is 0 Å². The van der Waals surface area contributed by atoms with Gasteiger partial charge in [-0.05, 0) is 73.6 Å². The van der Waals surface area contributed by atoms with Gasteiger partial charge in [-0.3, -0.25) is 4.79 Å². The lowest BCUT2D eigenvalue weighted by Crippen LogP contribution is -2.43. The highest BCUT2D eigenvalue weighted by Crippen LogP contribution is 2.61. The first kappa shape index (κ1) is 15.2. The maximum absolute atomic E-state index is 12.4. The quantitative estimate of drug-likeness (QED) is 0.882. The van der Waals surface area contributed by atoms with Crippen molar-refractivity contribution in [1.82, 2.24) is 0 Å². The van der Waals surface area contributed by atoms with Crippen LogP contribution in [0.4, 0.5) is 0 Å². The highest BCUT2D eigenvalue weighted by Gasteiger charge is 2.55. The van der Waals surface area contributed by atoms with E-state index in [2.05, 4.69) is 13.0 Å². The van der Waals surface area contributed by atoms with Crippen LogP contribution in [-0.2, 0) is 9.53 Å². The van der Waals surface area contributed by atoms with Crippen LogP contribution >= 0.6 is 0 Å². The number of benzene rings is 1. The monoisotopic (exact) mass is 314 g/mol. The maximum Gasteiger partial charge on any atom is 0.139 e. The van der Waals surface area contributed by atoms with Crippen molar-refractivity contribution in [3.05, 3.63) is 29.3 Å². The smallest absolute Gasteiger partial charge is 0.139 e. The number of hydrogen-bond acceptors (Lipinski definition) is 3. The number of carbonyl (C=O) groups is 1. The van der Waals surface area contributed by atoms with Crippen LogP contribution in [0.15, 0.2) is 18.2 Å². The van der Waals surface area contributed by atoms with Crippen LogP contribution < -0.4 is 0 Å². The van der Waals surface area contributed by atoms with Crippen molar-refractivity contribution in [1.29, 1.82) is 0 Å². The SMILES string of the molecule is CCO[C@@H]1C[C@@H]2[C@H](CC[C@]3(C)C(=O)CC[C@@H]23)c2ccc(O)cc21. The Balaban J connectivity index is 1.76. The second kappa shape index (κ2) is 5.34. The fraction of sp³-hybridized carbons (Fsp3) is 0.650. The van der Waals surface area contributed by atoms with Gasteiger partial charge in [-0.2, -0.15) is 0 Å². The minimum absolute atomic E-state index is 0.0569. The number of aromatic hydroxyl groups is 1. The van der Waals surface area contributed by atoms with E-state index in [1.54, 1.807) is 6.07 Å². The van der Waals surface area contributed by atoms with Crippen molar-refractivity contribution in [3.63, 3.8) is 0 Å². The number of phenols is 1. The molecule has 0 radical (unpaired) electrons. The summed E-state index contributed by atoms with van der Waals surface area (Å²) in [6, 6.07) is 5.78. The van der Waals surface area contributed by atoms with E-state index < -0.39 is 0 Å². The molecule has 0 saturated heterocycles. The number of ether oxygens (including phenoxy) is 1. The van der Waals surface area contributed by atoms with E-state index in [4.69, 9.17) is 4.74 Å². The molecule has 1 N–H and O–H groups in total. The first-order valence-electron chi connectivity index (χ1n) is 9.02. The van der Waals surface area contributed by atoms with E-state index >= 15 is 0 Å². The zero-order chi connectivity index (χ0) is 16.2. The Morgan fingerprint density at radius 1 is 1.30 bits per heavy atom. The summed E-state index contributed by atoms with van der Waals surface area (Å²) in [5.41, 5.74) is 2.41. The number of carbonyl (C=O) groups excluding carboxylic acids is 1. The first-order valence-corrected chi connectivity index (χ1v) is 9.02. The normalized spacial score (nSPS) is 38.8. The van der Waals surface area contributed by atoms with Crippen molar-refractivity contribution in [2.75, 3.05) is 6.61 Å². The Kier molecular flexibility index (Phi) is 3.53. The van der Waals surface area contributed by atoms with Crippen molar-refractivity contribution in [3.8, 4) is 5.75 Å². The molecule has 1 aromatic carbocycles. The summed E-state index contributed by atoms with van der Waals surface area (Å²) in [6.07, 6.45) is 4.94. The van der Waals surface area contributed by atoms with E-state index in [-0.39, 0.29) is 11.5 Å². The predicted octanol–water partition coefficient (Wildman–Crippen LogP) is 4.35. The lowest BCUT2D eigenvalue weighted by Gasteiger charge is -2.49. The Bertz CT molecular complexity index is 638. The van der Waals surface area contributed by atoms with Gasteiger partial charge in [0.1, 0.15) is 11.5 Å². The third kappa shape index (κ3) is 2.16. The Labute approximate surface area is 138 Å². The number of rotatable bonds is 2. The van der Waals surface area contributed by atoms with Crippen LogP contribution in [0.2, 0.25) is 0 Å². The molecule has 0 heterocycles. The molecule has 4 rings (SSSR count). The van der Waals surface area contributed by atoms with E-state index in [9.17, 15) is 9.90 Å². The van der Waals surface area contributed by atoms with Crippen LogP contribution in [-0.4, -0.2) is 17.5 Å². The number of ketones is 1. The molecule has 0 aromatic heterocycles. The van der Waals surface area contributed by atoms with Crippen molar-refractivity contribution in [2.45, 2.75) is 58.0 Å². The van der Waals surface area contributed by atoms with Gasteiger partial charge in [-0.15, -0.1) is 0 Å². The third-order valence-electron chi connectivity index (χ3n) is 6.82. The number of Topliss-reactive ketones (excluding diaryl/α,β-unsaturated/α-hetero) is 1. The summed E-state index contributed by atoms with van der Waals surface area (Å²) >= 11 is 0. The fourth-order valence-corrected chi connectivity index (χ4v) is 5.69. The van der Waals surface area contributed by atoms with Crippen LogP contribution in [0.5, 0.6) is 5.75 Å². The molecular formula is C20H26O3. The molecule has 2 fully saturated rings. The van der Waals surface area contributed by atoms with E-state index in [1.165, 1.54) is 11.1 Å². The molecule has 3 nitrogen and oxygen atoms in total. The van der Waals surface area contributed by atoms with Crippen LogP contribution in [0.3, 0.4) is 0 Å². The maximum atomic E-state index is 12.4. The second-order valence-electron chi connectivity index (χ2n) is 7.79. The van der Waals surface area contributed by atoms with Crippen LogP contribution in [0.25, 0.3) is 0 Å². The summed E-state index contributed by atoms with van der Waals surface area (Å²) in [7, 11) is 0. The molecule has 1 aromatic rings. The average molecular weight is 314 g/mol. The van der Waals surface area contributed by atoms with Crippen molar-refractivity contribution >= 4 is 5.78 Å². The summed E-state index contributed by atoms with van der Waals surface area (Å²) in [6.45, 7) is 4.90. The van der Waals surface area contributed by atoms with Gasteiger partial charge >= 0.3 is 0 Å². The summed E-state index contributed by atoms with van der Waals surface area (Å²) in [5, 5.41) is 9.90. The largest absolute Gasteiger partial charge is 0.508 e. The summed E-state index contributed by atoms with van der Waals surface area (Å²) in [4.78, 5) is 12.4. The van der Waals surface area contributed by atoms with Gasteiger partial charge in [-0.1, -0.05) is 13.0 Å². The van der Waals surface area contributed by atoms with Gasteiger partial charge < -0.3 is 9.84 Å². The molecule has 0 amide bonds. The van der Waals surface area contributed by atoms with Crippen LogP contribution in [0, 0.1) is 17.3 Å². The molecule has 0 spiro atoms. The molecule has 3 aliphatic carbocycles.